The van der Waals surface area contributed by atoms with Crippen LogP contribution in [0.3, 0.4) is 0 Å². The van der Waals surface area contributed by atoms with Gasteiger partial charge < -0.3 is 5.32 Å². The van der Waals surface area contributed by atoms with E-state index in [4.69, 9.17) is 0 Å². The highest BCUT2D eigenvalue weighted by Crippen LogP contribution is 2.19. The van der Waals surface area contributed by atoms with Gasteiger partial charge in [-0.25, -0.2) is 8.78 Å². The van der Waals surface area contributed by atoms with Gasteiger partial charge in [0.1, 0.15) is 5.69 Å². The SMILES string of the molecule is FC(F)c1ccnn1CC1CCCN1. The Morgan fingerprint density at radius 1 is 1.64 bits per heavy atom. The Morgan fingerprint density at radius 3 is 3.14 bits per heavy atom. The molecule has 1 atom stereocenters. The summed E-state index contributed by atoms with van der Waals surface area (Å²) in [7, 11) is 0. The minimum absolute atomic E-state index is 0.0127. The van der Waals surface area contributed by atoms with Crippen LogP contribution in [0.25, 0.3) is 0 Å². The highest BCUT2D eigenvalue weighted by Gasteiger charge is 2.19. The molecule has 3 nitrogen and oxygen atoms in total. The Labute approximate surface area is 81.1 Å². The Kier molecular flexibility index (Phi) is 2.77. The van der Waals surface area contributed by atoms with Crippen LogP contribution < -0.4 is 5.32 Å². The minimum atomic E-state index is -2.43. The maximum atomic E-state index is 12.5. The molecule has 0 amide bonds. The molecule has 0 saturated carbocycles. The second-order valence-electron chi connectivity index (χ2n) is 3.53. The Bertz CT molecular complexity index is 292. The van der Waals surface area contributed by atoms with Gasteiger partial charge in [-0.2, -0.15) is 5.10 Å². The molecule has 1 saturated heterocycles. The molecule has 0 aromatic carbocycles. The lowest BCUT2D eigenvalue weighted by atomic mass is 10.2. The van der Waals surface area contributed by atoms with Crippen molar-refractivity contribution in [1.82, 2.24) is 15.1 Å². The molecule has 14 heavy (non-hydrogen) atoms. The second-order valence-corrected chi connectivity index (χ2v) is 3.53. The number of hydrogen-bond donors (Lipinski definition) is 1. The van der Waals surface area contributed by atoms with Gasteiger partial charge in [-0.15, -0.1) is 0 Å². The molecule has 2 rings (SSSR count). The van der Waals surface area contributed by atoms with Crippen molar-refractivity contribution in [1.29, 1.82) is 0 Å². The second kappa shape index (κ2) is 4.04. The van der Waals surface area contributed by atoms with Crippen molar-refractivity contribution in [3.8, 4) is 0 Å². The zero-order chi connectivity index (χ0) is 9.97. The molecule has 5 heteroatoms. The maximum Gasteiger partial charge on any atom is 0.280 e. The number of nitrogens with one attached hydrogen (secondary N) is 1. The fourth-order valence-electron chi connectivity index (χ4n) is 1.80. The van der Waals surface area contributed by atoms with Crippen LogP contribution in [0.15, 0.2) is 12.3 Å². The molecule has 1 aliphatic rings. The van der Waals surface area contributed by atoms with Crippen LogP contribution in [0.5, 0.6) is 0 Å². The summed E-state index contributed by atoms with van der Waals surface area (Å²) in [6.45, 7) is 1.53. The number of rotatable bonds is 3. The number of hydrogen-bond acceptors (Lipinski definition) is 2. The van der Waals surface area contributed by atoms with Gasteiger partial charge >= 0.3 is 0 Å². The third kappa shape index (κ3) is 1.92. The monoisotopic (exact) mass is 201 g/mol. The molecule has 1 unspecified atom stereocenters. The van der Waals surface area contributed by atoms with Crippen LogP contribution in [0.2, 0.25) is 0 Å². The molecular formula is C9H13F2N3. The van der Waals surface area contributed by atoms with Gasteiger partial charge in [0.25, 0.3) is 6.43 Å². The molecule has 0 aliphatic carbocycles. The molecule has 0 radical (unpaired) electrons. The molecular weight excluding hydrogens is 188 g/mol. The van der Waals surface area contributed by atoms with E-state index < -0.39 is 6.43 Å². The van der Waals surface area contributed by atoms with Crippen LogP contribution in [0.4, 0.5) is 8.78 Å². The fourth-order valence-corrected chi connectivity index (χ4v) is 1.80. The summed E-state index contributed by atoms with van der Waals surface area (Å²) in [6.07, 6.45) is 1.16. The summed E-state index contributed by atoms with van der Waals surface area (Å²) in [5.74, 6) is 0. The lowest BCUT2D eigenvalue weighted by Crippen LogP contribution is -2.28. The van der Waals surface area contributed by atoms with Crippen molar-refractivity contribution >= 4 is 0 Å². The third-order valence-electron chi connectivity index (χ3n) is 2.53. The van der Waals surface area contributed by atoms with E-state index in [1.807, 2.05) is 0 Å². The van der Waals surface area contributed by atoms with Crippen molar-refractivity contribution in [2.24, 2.45) is 0 Å². The van der Waals surface area contributed by atoms with Crippen molar-refractivity contribution in [3.63, 3.8) is 0 Å². The van der Waals surface area contributed by atoms with E-state index in [0.717, 1.165) is 19.4 Å². The first kappa shape index (κ1) is 9.58. The predicted octanol–water partition coefficient (Wildman–Crippen LogP) is 1.57. The summed E-state index contributed by atoms with van der Waals surface area (Å²) in [4.78, 5) is 0. The van der Waals surface area contributed by atoms with Crippen molar-refractivity contribution in [2.45, 2.75) is 31.9 Å². The Morgan fingerprint density at radius 2 is 2.50 bits per heavy atom. The number of aromatic nitrogens is 2. The van der Waals surface area contributed by atoms with Crippen LogP contribution in [-0.2, 0) is 6.54 Å². The highest BCUT2D eigenvalue weighted by molar-refractivity contribution is 5.02. The van der Waals surface area contributed by atoms with E-state index in [1.54, 1.807) is 0 Å². The van der Waals surface area contributed by atoms with E-state index in [-0.39, 0.29) is 5.69 Å². The zero-order valence-corrected chi connectivity index (χ0v) is 7.79. The summed E-state index contributed by atoms with van der Waals surface area (Å²) in [5, 5.41) is 7.15. The normalized spacial score (nSPS) is 22.1. The molecule has 0 bridgehead atoms. The van der Waals surface area contributed by atoms with E-state index in [1.165, 1.54) is 16.9 Å². The molecule has 0 spiro atoms. The standard InChI is InChI=1S/C9H13F2N3/c10-9(11)8-3-5-13-14(8)6-7-2-1-4-12-7/h3,5,7,9,12H,1-2,4,6H2. The van der Waals surface area contributed by atoms with Crippen LogP contribution in [0, 0.1) is 0 Å². The summed E-state index contributed by atoms with van der Waals surface area (Å²) < 4.78 is 26.3. The number of nitrogens with zero attached hydrogens (tertiary/aromatic N) is 2. The van der Waals surface area contributed by atoms with E-state index >= 15 is 0 Å². The quantitative estimate of drug-likeness (QED) is 0.804. The lowest BCUT2D eigenvalue weighted by molar-refractivity contribution is 0.138. The first-order chi connectivity index (χ1) is 6.77. The molecule has 1 fully saturated rings. The fraction of sp³-hybridized carbons (Fsp3) is 0.667. The first-order valence-electron chi connectivity index (χ1n) is 4.80. The third-order valence-corrected chi connectivity index (χ3v) is 2.53. The van der Waals surface area contributed by atoms with Gasteiger partial charge in [-0.3, -0.25) is 4.68 Å². The average Bonchev–Trinajstić information content (AvgIpc) is 2.75. The number of halogens is 2. The first-order valence-corrected chi connectivity index (χ1v) is 4.80. The van der Waals surface area contributed by atoms with E-state index in [0.29, 0.717) is 12.6 Å². The van der Waals surface area contributed by atoms with Crippen molar-refractivity contribution < 1.29 is 8.78 Å². The van der Waals surface area contributed by atoms with Crippen LogP contribution >= 0.6 is 0 Å². The van der Waals surface area contributed by atoms with Crippen LogP contribution in [0.1, 0.15) is 25.0 Å². The summed E-state index contributed by atoms with van der Waals surface area (Å²) in [6, 6.07) is 1.67. The lowest BCUT2D eigenvalue weighted by Gasteiger charge is -2.12. The molecule has 1 aliphatic heterocycles. The Hall–Kier alpha value is -0.970. The van der Waals surface area contributed by atoms with E-state index in [2.05, 4.69) is 10.4 Å². The van der Waals surface area contributed by atoms with Gasteiger partial charge in [0.05, 0.1) is 6.54 Å². The Balaban J connectivity index is 2.04. The molecule has 1 N–H and O–H groups in total. The van der Waals surface area contributed by atoms with Crippen LogP contribution in [-0.4, -0.2) is 22.4 Å². The smallest absolute Gasteiger partial charge is 0.280 e. The molecule has 2 heterocycles. The molecule has 1 aromatic heterocycles. The van der Waals surface area contributed by atoms with Gasteiger partial charge in [0.15, 0.2) is 0 Å². The predicted molar refractivity (Wildman–Crippen MR) is 48.2 cm³/mol. The van der Waals surface area contributed by atoms with Crippen molar-refractivity contribution in [2.75, 3.05) is 6.54 Å². The number of alkyl halides is 2. The summed E-state index contributed by atoms with van der Waals surface area (Å²) in [5.41, 5.74) is 0.0127. The topological polar surface area (TPSA) is 29.9 Å². The largest absolute Gasteiger partial charge is 0.312 e. The van der Waals surface area contributed by atoms with Gasteiger partial charge in [-0.1, -0.05) is 0 Å². The van der Waals surface area contributed by atoms with Crippen molar-refractivity contribution in [3.05, 3.63) is 18.0 Å². The maximum absolute atomic E-state index is 12.5. The van der Waals surface area contributed by atoms with Gasteiger partial charge in [0.2, 0.25) is 0 Å². The zero-order valence-electron chi connectivity index (χ0n) is 7.79. The van der Waals surface area contributed by atoms with E-state index in [9.17, 15) is 8.78 Å². The summed E-state index contributed by atoms with van der Waals surface area (Å²) >= 11 is 0. The van der Waals surface area contributed by atoms with Gasteiger partial charge in [-0.05, 0) is 25.5 Å². The molecule has 78 valence electrons. The minimum Gasteiger partial charge on any atom is -0.312 e. The average molecular weight is 201 g/mol. The highest BCUT2D eigenvalue weighted by atomic mass is 19.3. The molecule has 1 aromatic rings. The van der Waals surface area contributed by atoms with Gasteiger partial charge in [0, 0.05) is 12.2 Å².